The Labute approximate surface area is 159 Å². The summed E-state index contributed by atoms with van der Waals surface area (Å²) in [4.78, 5) is 26.7. The lowest BCUT2D eigenvalue weighted by molar-refractivity contribution is -0.127. The van der Waals surface area contributed by atoms with Crippen LogP contribution in [0.1, 0.15) is 17.0 Å². The van der Waals surface area contributed by atoms with Gasteiger partial charge < -0.3 is 5.32 Å². The van der Waals surface area contributed by atoms with Gasteiger partial charge in [-0.1, -0.05) is 35.3 Å². The maximum absolute atomic E-state index is 13.1. The van der Waals surface area contributed by atoms with Crippen molar-refractivity contribution in [2.24, 2.45) is 0 Å². The number of nitrogens with one attached hydrogen (secondary N) is 2. The van der Waals surface area contributed by atoms with Gasteiger partial charge in [0.05, 0.1) is 17.3 Å². The second-order valence-corrected chi connectivity index (χ2v) is 7.05. The van der Waals surface area contributed by atoms with Gasteiger partial charge in [0, 0.05) is 22.5 Å². The Morgan fingerprint density at radius 2 is 1.77 bits per heavy atom. The molecule has 2 saturated heterocycles. The normalized spacial score (nSPS) is 24.3. The van der Waals surface area contributed by atoms with E-state index >= 15 is 0 Å². The topological polar surface area (TPSA) is 85.2 Å². The van der Waals surface area contributed by atoms with Gasteiger partial charge in [0.1, 0.15) is 0 Å². The van der Waals surface area contributed by atoms with E-state index in [0.29, 0.717) is 27.8 Å². The molecule has 2 aromatic rings. The van der Waals surface area contributed by atoms with Crippen LogP contribution in [0.4, 0.5) is 10.5 Å². The average Bonchev–Trinajstić information content (AvgIpc) is 2.86. The largest absolute Gasteiger partial charge is 0.330 e. The number of amides is 3. The summed E-state index contributed by atoms with van der Waals surface area (Å²) in [7, 11) is 0. The molecule has 26 heavy (non-hydrogen) atoms. The number of imide groups is 1. The molecule has 2 aliphatic rings. The van der Waals surface area contributed by atoms with E-state index in [-0.39, 0.29) is 5.92 Å². The molecule has 2 fully saturated rings. The molecule has 1 unspecified atom stereocenters. The van der Waals surface area contributed by atoms with E-state index in [4.69, 9.17) is 28.5 Å². The van der Waals surface area contributed by atoms with Gasteiger partial charge in [-0.2, -0.15) is 5.26 Å². The fourth-order valence-corrected chi connectivity index (χ4v) is 3.89. The molecular formula is C18H12Cl2N4O2. The summed E-state index contributed by atoms with van der Waals surface area (Å²) in [6, 6.07) is 13.0. The van der Waals surface area contributed by atoms with Crippen molar-refractivity contribution < 1.29 is 9.59 Å². The predicted molar refractivity (Wildman–Crippen MR) is 97.1 cm³/mol. The number of hydrogen-bond donors (Lipinski definition) is 2. The number of rotatable bonds is 2. The first-order valence-corrected chi connectivity index (χ1v) is 8.58. The van der Waals surface area contributed by atoms with Gasteiger partial charge in [0.15, 0.2) is 5.66 Å². The molecule has 130 valence electrons. The van der Waals surface area contributed by atoms with Crippen LogP contribution < -0.4 is 15.5 Å². The minimum atomic E-state index is -1.21. The zero-order valence-corrected chi connectivity index (χ0v) is 14.8. The first-order valence-electron chi connectivity index (χ1n) is 7.82. The lowest BCUT2D eigenvalue weighted by atomic mass is 9.78. The molecule has 0 bridgehead atoms. The predicted octanol–water partition coefficient (Wildman–Crippen LogP) is 3.00. The van der Waals surface area contributed by atoms with Crippen LogP contribution in [0, 0.1) is 11.3 Å². The molecule has 6 nitrogen and oxygen atoms in total. The van der Waals surface area contributed by atoms with Crippen molar-refractivity contribution in [3.63, 3.8) is 0 Å². The highest BCUT2D eigenvalue weighted by atomic mass is 35.5. The molecule has 2 heterocycles. The summed E-state index contributed by atoms with van der Waals surface area (Å²) >= 11 is 12.0. The number of carbonyl (C=O) groups excluding carboxylic acids is 2. The van der Waals surface area contributed by atoms with E-state index < -0.39 is 17.6 Å². The Kier molecular flexibility index (Phi) is 3.88. The molecule has 0 radical (unpaired) electrons. The van der Waals surface area contributed by atoms with E-state index in [2.05, 4.69) is 16.7 Å². The molecule has 3 amide bonds. The van der Waals surface area contributed by atoms with Crippen LogP contribution in [0.2, 0.25) is 10.0 Å². The highest BCUT2D eigenvalue weighted by Gasteiger charge is 2.61. The van der Waals surface area contributed by atoms with E-state index in [1.165, 1.54) is 18.2 Å². The summed E-state index contributed by atoms with van der Waals surface area (Å²) in [5.41, 5.74) is 0.503. The van der Waals surface area contributed by atoms with E-state index in [1.807, 2.05) is 0 Å². The van der Waals surface area contributed by atoms with Crippen LogP contribution >= 0.6 is 23.2 Å². The van der Waals surface area contributed by atoms with Gasteiger partial charge in [-0.15, -0.1) is 0 Å². The average molecular weight is 387 g/mol. The van der Waals surface area contributed by atoms with Crippen molar-refractivity contribution in [2.45, 2.75) is 11.6 Å². The third kappa shape index (κ3) is 2.44. The van der Waals surface area contributed by atoms with Gasteiger partial charge >= 0.3 is 6.03 Å². The second kappa shape index (κ2) is 5.99. The van der Waals surface area contributed by atoms with Crippen molar-refractivity contribution >= 4 is 40.8 Å². The third-order valence-corrected chi connectivity index (χ3v) is 5.14. The number of urea groups is 1. The molecule has 0 aliphatic carbocycles. The van der Waals surface area contributed by atoms with Crippen LogP contribution in [0.15, 0.2) is 42.5 Å². The maximum Gasteiger partial charge on any atom is 0.330 e. The number of nitriles is 1. The maximum atomic E-state index is 13.1. The van der Waals surface area contributed by atoms with Gasteiger partial charge in [-0.05, 0) is 35.9 Å². The first-order chi connectivity index (χ1) is 12.4. The summed E-state index contributed by atoms with van der Waals surface area (Å²) in [6.45, 7) is 0.530. The van der Waals surface area contributed by atoms with Gasteiger partial charge in [-0.25, -0.2) is 9.69 Å². The summed E-state index contributed by atoms with van der Waals surface area (Å²) in [6.07, 6.45) is 0. The molecule has 2 aromatic carbocycles. The lowest BCUT2D eigenvalue weighted by Crippen LogP contribution is -2.73. The Hall–Kier alpha value is -2.59. The summed E-state index contributed by atoms with van der Waals surface area (Å²) in [5, 5.41) is 15.4. The molecular weight excluding hydrogens is 375 g/mol. The monoisotopic (exact) mass is 386 g/mol. The molecule has 2 aliphatic heterocycles. The number of benzene rings is 2. The lowest BCUT2D eigenvalue weighted by Gasteiger charge is -2.45. The SMILES string of the molecule is N#Cc1ccc(C2CN[C@@]23NC(=O)N(c2cc(Cl)cc(Cl)c2)C3=O)cc1. The smallest absolute Gasteiger partial charge is 0.310 e. The Morgan fingerprint density at radius 3 is 2.31 bits per heavy atom. The van der Waals surface area contributed by atoms with Crippen molar-refractivity contribution in [1.29, 1.82) is 5.26 Å². The number of anilines is 1. The van der Waals surface area contributed by atoms with Crippen molar-refractivity contribution in [2.75, 3.05) is 11.4 Å². The zero-order chi connectivity index (χ0) is 18.5. The molecule has 1 spiro atoms. The van der Waals surface area contributed by atoms with Gasteiger partial charge in [-0.3, -0.25) is 10.1 Å². The molecule has 2 N–H and O–H groups in total. The Bertz CT molecular complexity index is 950. The highest BCUT2D eigenvalue weighted by Crippen LogP contribution is 2.40. The van der Waals surface area contributed by atoms with Crippen LogP contribution in [0.3, 0.4) is 0 Å². The van der Waals surface area contributed by atoms with Crippen LogP contribution in [0.25, 0.3) is 0 Å². The fourth-order valence-electron chi connectivity index (χ4n) is 3.37. The fraction of sp³-hybridized carbons (Fsp3) is 0.167. The van der Waals surface area contributed by atoms with Crippen molar-refractivity contribution in [3.05, 3.63) is 63.6 Å². The summed E-state index contributed by atoms with van der Waals surface area (Å²) in [5.74, 6) is -0.659. The molecule has 0 saturated carbocycles. The van der Waals surface area contributed by atoms with Crippen LogP contribution in [0.5, 0.6) is 0 Å². The van der Waals surface area contributed by atoms with Crippen LogP contribution in [-0.2, 0) is 4.79 Å². The number of halogens is 2. The molecule has 2 atom stereocenters. The second-order valence-electron chi connectivity index (χ2n) is 6.17. The van der Waals surface area contributed by atoms with E-state index in [0.717, 1.165) is 10.5 Å². The van der Waals surface area contributed by atoms with Gasteiger partial charge in [0.25, 0.3) is 5.91 Å². The van der Waals surface area contributed by atoms with Crippen LogP contribution in [-0.4, -0.2) is 24.1 Å². The van der Waals surface area contributed by atoms with E-state index in [1.54, 1.807) is 24.3 Å². The summed E-state index contributed by atoms with van der Waals surface area (Å²) < 4.78 is 0. The quantitative estimate of drug-likeness (QED) is 0.776. The van der Waals surface area contributed by atoms with Crippen molar-refractivity contribution in [3.8, 4) is 6.07 Å². The first kappa shape index (κ1) is 16.9. The molecule has 0 aromatic heterocycles. The van der Waals surface area contributed by atoms with Gasteiger partial charge in [0.2, 0.25) is 0 Å². The standard InChI is InChI=1S/C18H12Cl2N4O2/c19-12-5-13(20)7-14(6-12)24-16(25)18(23-17(24)26)15(9-22-18)11-3-1-10(8-21)2-4-11/h1-7,15,22H,9H2,(H,23,26)/t15?,18-/m1/s1. The minimum absolute atomic E-state index is 0.244. The minimum Gasteiger partial charge on any atom is -0.310 e. The zero-order valence-electron chi connectivity index (χ0n) is 13.3. The number of hydrogen-bond acceptors (Lipinski definition) is 4. The highest BCUT2D eigenvalue weighted by molar-refractivity contribution is 6.35. The number of nitrogens with zero attached hydrogens (tertiary/aromatic N) is 2. The Morgan fingerprint density at radius 1 is 1.12 bits per heavy atom. The molecule has 4 rings (SSSR count). The van der Waals surface area contributed by atoms with Crippen molar-refractivity contribution in [1.82, 2.24) is 10.6 Å². The Balaban J connectivity index is 1.69. The molecule has 8 heteroatoms. The third-order valence-electron chi connectivity index (χ3n) is 4.70. The van der Waals surface area contributed by atoms with E-state index in [9.17, 15) is 9.59 Å². The number of carbonyl (C=O) groups is 2.